The third-order valence-corrected chi connectivity index (χ3v) is 3.43. The fourth-order valence-corrected chi connectivity index (χ4v) is 2.73. The lowest BCUT2D eigenvalue weighted by Gasteiger charge is -2.43. The van der Waals surface area contributed by atoms with Gasteiger partial charge in [0.2, 0.25) is 0 Å². The van der Waals surface area contributed by atoms with E-state index in [2.05, 4.69) is 16.5 Å². The number of nitrogens with one attached hydrogen (secondary N) is 1. The summed E-state index contributed by atoms with van der Waals surface area (Å²) in [7, 11) is 1.76. The van der Waals surface area contributed by atoms with Crippen LogP contribution < -0.4 is 0 Å². The van der Waals surface area contributed by atoms with Crippen LogP contribution in [-0.4, -0.2) is 23.3 Å². The van der Waals surface area contributed by atoms with Crippen LogP contribution in [0.2, 0.25) is 0 Å². The molecule has 14 heavy (non-hydrogen) atoms. The first-order valence-electron chi connectivity index (χ1n) is 4.96. The minimum atomic E-state index is 0.135. The summed E-state index contributed by atoms with van der Waals surface area (Å²) in [5, 5.41) is 0. The number of ether oxygens (including phenoxy) is 1. The lowest BCUT2D eigenvalue weighted by Crippen LogP contribution is -2.45. The summed E-state index contributed by atoms with van der Waals surface area (Å²) in [5.74, 6) is 0. The zero-order valence-electron chi connectivity index (χ0n) is 8.67. The molecule has 2 rings (SSSR count). The van der Waals surface area contributed by atoms with Gasteiger partial charge < -0.3 is 14.3 Å². The van der Waals surface area contributed by atoms with Crippen molar-refractivity contribution in [3.8, 4) is 0 Å². The lowest BCUT2D eigenvalue weighted by atomic mass is 9.77. The molecule has 1 heterocycles. The summed E-state index contributed by atoms with van der Waals surface area (Å²) >= 11 is 5.29. The molecule has 1 aliphatic rings. The first-order chi connectivity index (χ1) is 6.69. The van der Waals surface area contributed by atoms with Crippen molar-refractivity contribution in [2.24, 2.45) is 0 Å². The van der Waals surface area contributed by atoms with E-state index in [0.29, 0.717) is 0 Å². The van der Waals surface area contributed by atoms with Gasteiger partial charge in [-0.15, -0.1) is 0 Å². The van der Waals surface area contributed by atoms with Crippen molar-refractivity contribution < 1.29 is 4.74 Å². The minimum absolute atomic E-state index is 0.135. The molecule has 0 unspecified atom stereocenters. The normalized spacial score (nSPS) is 19.3. The van der Waals surface area contributed by atoms with Gasteiger partial charge in [0.15, 0.2) is 4.77 Å². The Bertz CT molecular complexity index is 376. The summed E-state index contributed by atoms with van der Waals surface area (Å²) in [6.45, 7) is 2.85. The van der Waals surface area contributed by atoms with E-state index in [1.807, 2.05) is 6.20 Å². The van der Waals surface area contributed by atoms with Gasteiger partial charge in [0, 0.05) is 19.0 Å². The number of aromatic amines is 1. The molecule has 3 nitrogen and oxygen atoms in total. The lowest BCUT2D eigenvalue weighted by molar-refractivity contribution is 0.0250. The average molecular weight is 212 g/mol. The Kier molecular flexibility index (Phi) is 2.49. The van der Waals surface area contributed by atoms with Gasteiger partial charge in [-0.2, -0.15) is 0 Å². The van der Waals surface area contributed by atoms with Gasteiger partial charge in [-0.05, 0) is 38.4 Å². The van der Waals surface area contributed by atoms with Crippen molar-refractivity contribution in [2.45, 2.75) is 31.7 Å². The Morgan fingerprint density at radius 1 is 1.64 bits per heavy atom. The molecule has 0 atom stereocenters. The molecule has 0 aliphatic heterocycles. The van der Waals surface area contributed by atoms with E-state index in [1.54, 1.807) is 7.11 Å². The van der Waals surface area contributed by atoms with Crippen LogP contribution in [0.25, 0.3) is 0 Å². The maximum Gasteiger partial charge on any atom is 0.177 e. The van der Waals surface area contributed by atoms with Crippen LogP contribution in [0.1, 0.15) is 25.0 Å². The molecule has 0 saturated heterocycles. The highest BCUT2D eigenvalue weighted by Crippen LogP contribution is 2.40. The number of methoxy groups -OCH3 is 1. The smallest absolute Gasteiger partial charge is 0.177 e. The van der Waals surface area contributed by atoms with Crippen LogP contribution in [0.4, 0.5) is 0 Å². The SMILES string of the molecule is COCC1(n2c(C)c[nH]c2=S)CCC1. The highest BCUT2D eigenvalue weighted by atomic mass is 32.1. The average Bonchev–Trinajstić information content (AvgIpc) is 2.41. The monoisotopic (exact) mass is 212 g/mol. The number of aryl methyl sites for hydroxylation is 1. The van der Waals surface area contributed by atoms with E-state index in [1.165, 1.54) is 25.0 Å². The van der Waals surface area contributed by atoms with Crippen LogP contribution in [0.5, 0.6) is 0 Å². The number of imidazole rings is 1. The zero-order chi connectivity index (χ0) is 10.2. The van der Waals surface area contributed by atoms with Gasteiger partial charge >= 0.3 is 0 Å². The molecule has 1 saturated carbocycles. The van der Waals surface area contributed by atoms with Crippen molar-refractivity contribution in [2.75, 3.05) is 13.7 Å². The maximum absolute atomic E-state index is 5.30. The highest BCUT2D eigenvalue weighted by molar-refractivity contribution is 7.71. The molecular weight excluding hydrogens is 196 g/mol. The fraction of sp³-hybridized carbons (Fsp3) is 0.700. The second-order valence-corrected chi connectivity index (χ2v) is 4.47. The number of hydrogen-bond donors (Lipinski definition) is 1. The van der Waals surface area contributed by atoms with Crippen molar-refractivity contribution >= 4 is 12.2 Å². The summed E-state index contributed by atoms with van der Waals surface area (Å²) in [4.78, 5) is 3.09. The maximum atomic E-state index is 5.30. The van der Waals surface area contributed by atoms with Crippen LogP contribution in [0.15, 0.2) is 6.20 Å². The zero-order valence-corrected chi connectivity index (χ0v) is 9.49. The van der Waals surface area contributed by atoms with E-state index < -0.39 is 0 Å². The molecule has 1 aliphatic carbocycles. The van der Waals surface area contributed by atoms with Crippen LogP contribution >= 0.6 is 12.2 Å². The largest absolute Gasteiger partial charge is 0.382 e. The quantitative estimate of drug-likeness (QED) is 0.780. The number of hydrogen-bond acceptors (Lipinski definition) is 2. The van der Waals surface area contributed by atoms with Crippen molar-refractivity contribution in [1.29, 1.82) is 0 Å². The van der Waals surface area contributed by atoms with Gasteiger partial charge in [0.25, 0.3) is 0 Å². The molecule has 0 bridgehead atoms. The van der Waals surface area contributed by atoms with Crippen molar-refractivity contribution in [1.82, 2.24) is 9.55 Å². The fourth-order valence-electron chi connectivity index (χ4n) is 2.33. The number of rotatable bonds is 3. The van der Waals surface area contributed by atoms with Gasteiger partial charge in [0.1, 0.15) is 0 Å². The number of H-pyrrole nitrogens is 1. The topological polar surface area (TPSA) is 29.9 Å². The molecular formula is C10H16N2OS. The first kappa shape index (κ1) is 9.93. The van der Waals surface area contributed by atoms with Gasteiger partial charge in [-0.1, -0.05) is 0 Å². The van der Waals surface area contributed by atoms with E-state index in [9.17, 15) is 0 Å². The molecule has 0 radical (unpaired) electrons. The standard InChI is InChI=1S/C10H16N2OS/c1-8-6-11-9(14)12(8)10(7-13-2)4-3-5-10/h6H,3-5,7H2,1-2H3,(H,11,14). The molecule has 1 fully saturated rings. The molecule has 4 heteroatoms. The van der Waals surface area contributed by atoms with Gasteiger partial charge in [-0.25, -0.2) is 0 Å². The van der Waals surface area contributed by atoms with E-state index >= 15 is 0 Å². The third-order valence-electron chi connectivity index (χ3n) is 3.13. The molecule has 1 aromatic rings. The second-order valence-electron chi connectivity index (χ2n) is 4.08. The van der Waals surface area contributed by atoms with Crippen molar-refractivity contribution in [3.05, 3.63) is 16.7 Å². The Balaban J connectivity index is 2.41. The van der Waals surface area contributed by atoms with Crippen molar-refractivity contribution in [3.63, 3.8) is 0 Å². The van der Waals surface area contributed by atoms with Crippen LogP contribution in [0.3, 0.4) is 0 Å². The minimum Gasteiger partial charge on any atom is -0.382 e. The summed E-state index contributed by atoms with van der Waals surface area (Å²) in [6, 6.07) is 0. The molecule has 1 N–H and O–H groups in total. The molecule has 0 spiro atoms. The number of aromatic nitrogens is 2. The van der Waals surface area contributed by atoms with E-state index in [-0.39, 0.29) is 5.54 Å². The van der Waals surface area contributed by atoms with Gasteiger partial charge in [0.05, 0.1) is 12.1 Å². The van der Waals surface area contributed by atoms with E-state index in [4.69, 9.17) is 17.0 Å². The van der Waals surface area contributed by atoms with Crippen LogP contribution in [-0.2, 0) is 10.3 Å². The second kappa shape index (κ2) is 3.51. The Morgan fingerprint density at radius 3 is 2.71 bits per heavy atom. The Labute approximate surface area is 89.1 Å². The summed E-state index contributed by atoms with van der Waals surface area (Å²) in [6.07, 6.45) is 5.59. The first-order valence-corrected chi connectivity index (χ1v) is 5.37. The van der Waals surface area contributed by atoms with Gasteiger partial charge in [-0.3, -0.25) is 0 Å². The predicted molar refractivity (Wildman–Crippen MR) is 58.1 cm³/mol. The summed E-state index contributed by atoms with van der Waals surface area (Å²) < 4.78 is 8.34. The Hall–Kier alpha value is -0.610. The third kappa shape index (κ3) is 1.33. The number of nitrogens with zero attached hydrogens (tertiary/aromatic N) is 1. The van der Waals surface area contributed by atoms with E-state index in [0.717, 1.165) is 11.4 Å². The highest BCUT2D eigenvalue weighted by Gasteiger charge is 2.40. The predicted octanol–water partition coefficient (Wildman–Crippen LogP) is 2.38. The molecule has 0 amide bonds. The molecule has 78 valence electrons. The Morgan fingerprint density at radius 2 is 2.36 bits per heavy atom. The molecule has 1 aromatic heterocycles. The van der Waals surface area contributed by atoms with Crippen LogP contribution in [0, 0.1) is 11.7 Å². The molecule has 0 aromatic carbocycles. The summed E-state index contributed by atoms with van der Waals surface area (Å²) in [5.41, 5.74) is 1.34.